The molecule has 1 aromatic carbocycles. The number of nitrogens with one attached hydrogen (secondary N) is 1. The fourth-order valence-corrected chi connectivity index (χ4v) is 3.65. The monoisotopic (exact) mass is 551 g/mol. The zero-order chi connectivity index (χ0) is 18.9. The number of carbonyl (C=O) groups excluding carboxylic acids is 1. The van der Waals surface area contributed by atoms with E-state index in [4.69, 9.17) is 5.73 Å². The molecule has 3 N–H and O–H groups in total. The number of benzene rings is 1. The molecule has 1 aliphatic rings. The highest BCUT2D eigenvalue weighted by atomic mass is 127. The molecule has 27 heavy (non-hydrogen) atoms. The van der Waals surface area contributed by atoms with Gasteiger partial charge in [0, 0.05) is 37.1 Å². The van der Waals surface area contributed by atoms with Crippen LogP contribution in [-0.4, -0.2) is 60.9 Å². The van der Waals surface area contributed by atoms with E-state index in [1.165, 1.54) is 12.8 Å². The lowest BCUT2D eigenvalue weighted by Gasteiger charge is -2.21. The molecular weight excluding hydrogens is 521 g/mol. The third kappa shape index (κ3) is 7.95. The van der Waals surface area contributed by atoms with Crippen molar-refractivity contribution < 1.29 is 4.79 Å². The van der Waals surface area contributed by atoms with E-state index in [2.05, 4.69) is 38.1 Å². The summed E-state index contributed by atoms with van der Waals surface area (Å²) in [6, 6.07) is 8.43. The van der Waals surface area contributed by atoms with Crippen LogP contribution in [0.15, 0.2) is 33.7 Å². The van der Waals surface area contributed by atoms with Gasteiger partial charge in [-0.3, -0.25) is 14.7 Å². The number of likely N-dealkylation sites (tertiary alicyclic amines) is 1. The Balaban J connectivity index is 0.00000364. The number of nitrogens with zero attached hydrogens (tertiary/aromatic N) is 3. The van der Waals surface area contributed by atoms with Crippen LogP contribution in [0.5, 0.6) is 0 Å². The van der Waals surface area contributed by atoms with E-state index in [0.717, 1.165) is 29.7 Å². The van der Waals surface area contributed by atoms with Crippen LogP contribution in [0.2, 0.25) is 0 Å². The minimum Gasteiger partial charge on any atom is -0.370 e. The number of hydrogen-bond donors (Lipinski definition) is 2. The van der Waals surface area contributed by atoms with Crippen LogP contribution < -0.4 is 11.1 Å². The van der Waals surface area contributed by atoms with Crippen molar-refractivity contribution in [2.75, 3.05) is 33.2 Å². The molecule has 1 fully saturated rings. The molecule has 1 aliphatic heterocycles. The largest absolute Gasteiger partial charge is 0.370 e. The van der Waals surface area contributed by atoms with Crippen LogP contribution in [0.1, 0.15) is 31.7 Å². The first kappa shape index (κ1) is 24.2. The van der Waals surface area contributed by atoms with E-state index in [0.29, 0.717) is 31.5 Å². The predicted octanol–water partition coefficient (Wildman–Crippen LogP) is 2.80. The number of carbonyl (C=O) groups is 1. The van der Waals surface area contributed by atoms with Crippen LogP contribution in [0.4, 0.5) is 0 Å². The summed E-state index contributed by atoms with van der Waals surface area (Å²) in [6.45, 7) is 6.20. The number of rotatable bonds is 8. The van der Waals surface area contributed by atoms with Gasteiger partial charge in [0.25, 0.3) is 0 Å². The Bertz CT molecular complexity index is 628. The Morgan fingerprint density at radius 2 is 2.19 bits per heavy atom. The zero-order valence-electron chi connectivity index (χ0n) is 16.2. The van der Waals surface area contributed by atoms with Gasteiger partial charge in [-0.05, 0) is 37.6 Å². The van der Waals surface area contributed by atoms with Crippen LogP contribution >= 0.6 is 39.9 Å². The average Bonchev–Trinajstić information content (AvgIpc) is 3.09. The van der Waals surface area contributed by atoms with E-state index < -0.39 is 0 Å². The van der Waals surface area contributed by atoms with Gasteiger partial charge in [0.2, 0.25) is 5.91 Å². The Labute approximate surface area is 188 Å². The molecule has 1 unspecified atom stereocenters. The zero-order valence-corrected chi connectivity index (χ0v) is 20.1. The molecule has 6 nitrogen and oxygen atoms in total. The SMILES string of the molecule is CCN1CCCC1CN=C(N)NCCC(=O)N(C)Cc1ccccc1Br.I. The maximum Gasteiger partial charge on any atom is 0.224 e. The molecule has 1 saturated heterocycles. The minimum atomic E-state index is 0. The molecular formula is C19H31BrIN5O. The van der Waals surface area contributed by atoms with E-state index >= 15 is 0 Å². The minimum absolute atomic E-state index is 0. The number of halogens is 2. The van der Waals surface area contributed by atoms with Gasteiger partial charge in [0.1, 0.15) is 0 Å². The fourth-order valence-electron chi connectivity index (χ4n) is 3.24. The third-order valence-corrected chi connectivity index (χ3v) is 5.59. The lowest BCUT2D eigenvalue weighted by Crippen LogP contribution is -2.37. The van der Waals surface area contributed by atoms with Crippen molar-refractivity contribution in [1.82, 2.24) is 15.1 Å². The molecule has 1 aromatic rings. The second-order valence-electron chi connectivity index (χ2n) is 6.67. The summed E-state index contributed by atoms with van der Waals surface area (Å²) in [6.07, 6.45) is 2.81. The smallest absolute Gasteiger partial charge is 0.224 e. The second kappa shape index (κ2) is 12.6. The van der Waals surface area contributed by atoms with Crippen LogP contribution in [0, 0.1) is 0 Å². The lowest BCUT2D eigenvalue weighted by atomic mass is 10.2. The Kier molecular flexibility index (Phi) is 11.2. The number of likely N-dealkylation sites (N-methyl/N-ethyl adjacent to an activating group) is 1. The van der Waals surface area contributed by atoms with E-state index in [-0.39, 0.29) is 29.9 Å². The van der Waals surface area contributed by atoms with Crippen LogP contribution in [0.25, 0.3) is 0 Å². The summed E-state index contributed by atoms with van der Waals surface area (Å²) in [5.74, 6) is 0.503. The topological polar surface area (TPSA) is 74.0 Å². The number of aliphatic imine (C=N–C) groups is 1. The Morgan fingerprint density at radius 3 is 2.89 bits per heavy atom. The van der Waals surface area contributed by atoms with Gasteiger partial charge in [0.05, 0.1) is 6.54 Å². The van der Waals surface area contributed by atoms with Crippen molar-refractivity contribution in [2.45, 2.75) is 38.8 Å². The van der Waals surface area contributed by atoms with Crippen molar-refractivity contribution in [3.63, 3.8) is 0 Å². The number of hydrogen-bond acceptors (Lipinski definition) is 3. The highest BCUT2D eigenvalue weighted by molar-refractivity contribution is 14.0. The molecule has 0 saturated carbocycles. The average molecular weight is 552 g/mol. The maximum atomic E-state index is 12.3. The molecule has 0 aromatic heterocycles. The van der Waals surface area contributed by atoms with Crippen molar-refractivity contribution in [3.8, 4) is 0 Å². The van der Waals surface area contributed by atoms with Gasteiger partial charge in [-0.1, -0.05) is 41.1 Å². The summed E-state index contributed by atoms with van der Waals surface area (Å²) in [7, 11) is 1.82. The van der Waals surface area contributed by atoms with Gasteiger partial charge in [-0.25, -0.2) is 0 Å². The van der Waals surface area contributed by atoms with Gasteiger partial charge >= 0.3 is 0 Å². The quantitative estimate of drug-likeness (QED) is 0.296. The molecule has 1 atom stereocenters. The van der Waals surface area contributed by atoms with E-state index in [1.54, 1.807) is 4.90 Å². The molecule has 2 rings (SSSR count). The summed E-state index contributed by atoms with van der Waals surface area (Å²) in [4.78, 5) is 20.9. The van der Waals surface area contributed by atoms with Gasteiger partial charge in [-0.2, -0.15) is 0 Å². The van der Waals surface area contributed by atoms with Crippen LogP contribution in [-0.2, 0) is 11.3 Å². The maximum absolute atomic E-state index is 12.3. The van der Waals surface area contributed by atoms with Crippen molar-refractivity contribution in [1.29, 1.82) is 0 Å². The normalized spacial score (nSPS) is 17.4. The van der Waals surface area contributed by atoms with E-state index in [9.17, 15) is 4.79 Å². The molecule has 1 amide bonds. The first-order valence-electron chi connectivity index (χ1n) is 9.26. The first-order valence-corrected chi connectivity index (χ1v) is 10.1. The number of nitrogens with two attached hydrogens (primary N) is 1. The molecule has 152 valence electrons. The second-order valence-corrected chi connectivity index (χ2v) is 7.52. The Morgan fingerprint density at radius 1 is 1.44 bits per heavy atom. The van der Waals surface area contributed by atoms with Gasteiger partial charge < -0.3 is 16.0 Å². The van der Waals surface area contributed by atoms with Crippen LogP contribution in [0.3, 0.4) is 0 Å². The van der Waals surface area contributed by atoms with Crippen molar-refractivity contribution >= 4 is 51.8 Å². The van der Waals surface area contributed by atoms with Gasteiger partial charge in [0.15, 0.2) is 5.96 Å². The number of guanidine groups is 1. The lowest BCUT2D eigenvalue weighted by molar-refractivity contribution is -0.130. The molecule has 0 spiro atoms. The summed E-state index contributed by atoms with van der Waals surface area (Å²) >= 11 is 3.51. The highest BCUT2D eigenvalue weighted by Crippen LogP contribution is 2.18. The summed E-state index contributed by atoms with van der Waals surface area (Å²) in [5, 5.41) is 3.05. The van der Waals surface area contributed by atoms with Crippen molar-refractivity contribution in [3.05, 3.63) is 34.3 Å². The molecule has 8 heteroatoms. The molecule has 0 aliphatic carbocycles. The summed E-state index contributed by atoms with van der Waals surface area (Å²) in [5.41, 5.74) is 7.03. The number of amides is 1. The van der Waals surface area contributed by atoms with Crippen molar-refractivity contribution in [2.24, 2.45) is 10.7 Å². The highest BCUT2D eigenvalue weighted by Gasteiger charge is 2.22. The Hall–Kier alpha value is -0.870. The summed E-state index contributed by atoms with van der Waals surface area (Å²) < 4.78 is 1.02. The van der Waals surface area contributed by atoms with E-state index in [1.807, 2.05) is 31.3 Å². The first-order chi connectivity index (χ1) is 12.5. The molecule has 0 bridgehead atoms. The third-order valence-electron chi connectivity index (χ3n) is 4.81. The standard InChI is InChI=1S/C19H30BrN5O.HI/c1-3-25-12-6-8-16(25)13-23-19(21)22-11-10-18(26)24(2)14-15-7-4-5-9-17(15)20;/h4-5,7,9,16H,3,6,8,10-14H2,1-2H3,(H3,21,22,23);1H. The fraction of sp³-hybridized carbons (Fsp3) is 0.579. The van der Waals surface area contributed by atoms with Gasteiger partial charge in [-0.15, -0.1) is 24.0 Å². The molecule has 0 radical (unpaired) electrons. The predicted molar refractivity (Wildman–Crippen MR) is 125 cm³/mol. The molecule has 1 heterocycles.